The van der Waals surface area contributed by atoms with Crippen LogP contribution in [-0.2, 0) is 5.41 Å². The summed E-state index contributed by atoms with van der Waals surface area (Å²) in [6, 6.07) is 68.5. The number of aliphatic imine (C=N–C) groups is 2. The highest BCUT2D eigenvalue weighted by atomic mass is 15.3. The molecule has 1 spiro atoms. The van der Waals surface area contributed by atoms with E-state index in [2.05, 4.69) is 114 Å². The summed E-state index contributed by atoms with van der Waals surface area (Å²) in [5.74, 6) is 2.61. The third-order valence-corrected chi connectivity index (χ3v) is 13.6. The Balaban J connectivity index is 1.06. The fraction of sp³-hybridized carbons (Fsp3) is 0.0500. The van der Waals surface area contributed by atoms with Crippen LogP contribution in [0.2, 0.25) is 0 Å². The topological polar surface area (TPSA) is 162 Å². The zero-order chi connectivity index (χ0) is 47.5. The van der Waals surface area contributed by atoms with Gasteiger partial charge in [-0.15, -0.1) is 0 Å². The SMILES string of the molecule is CN1C(c2ccc(C#N)cc2)=NC(c2ccc(C#N)cc2)=NC1c1ccc2c(c1)C1(c3ccccc3-c3ccccc31)c1cc(-c3nc(-c4ccc(C#N)cc4)nc(-c4ccc(C#N)cc4)n3)ccc1-2. The van der Waals surface area contributed by atoms with Crippen LogP contribution < -0.4 is 0 Å². The van der Waals surface area contributed by atoms with Gasteiger partial charge in [-0.25, -0.2) is 24.9 Å². The molecule has 8 aromatic carbocycles. The van der Waals surface area contributed by atoms with E-state index in [0.717, 1.165) is 77.9 Å². The molecule has 0 fully saturated rings. The summed E-state index contributed by atoms with van der Waals surface area (Å²) in [4.78, 5) is 27.7. The van der Waals surface area contributed by atoms with Crippen molar-refractivity contribution in [2.45, 2.75) is 11.6 Å². The smallest absolute Gasteiger partial charge is 0.164 e. The molecule has 3 aliphatic rings. The Bertz CT molecular complexity index is 3760. The third kappa shape index (κ3) is 6.49. The fourth-order valence-corrected chi connectivity index (χ4v) is 10.2. The Morgan fingerprint density at radius 2 is 0.814 bits per heavy atom. The predicted molar refractivity (Wildman–Crippen MR) is 268 cm³/mol. The van der Waals surface area contributed by atoms with Crippen molar-refractivity contribution in [1.82, 2.24) is 19.9 Å². The van der Waals surface area contributed by atoms with Gasteiger partial charge < -0.3 is 4.90 Å². The monoisotopic (exact) mass is 894 g/mol. The number of rotatable bonds is 6. The van der Waals surface area contributed by atoms with Gasteiger partial charge in [0.1, 0.15) is 5.84 Å². The van der Waals surface area contributed by atoms with Crippen LogP contribution >= 0.6 is 0 Å². The van der Waals surface area contributed by atoms with E-state index in [1.165, 1.54) is 0 Å². The number of amidine groups is 2. The van der Waals surface area contributed by atoms with Gasteiger partial charge in [0.05, 0.1) is 51.9 Å². The van der Waals surface area contributed by atoms with Gasteiger partial charge in [0.25, 0.3) is 0 Å². The van der Waals surface area contributed by atoms with Crippen molar-refractivity contribution in [3.8, 4) is 80.7 Å². The Kier molecular flexibility index (Phi) is 9.64. The lowest BCUT2D eigenvalue weighted by Crippen LogP contribution is -2.36. The average molecular weight is 895 g/mol. The van der Waals surface area contributed by atoms with Crippen molar-refractivity contribution in [1.29, 1.82) is 21.0 Å². The van der Waals surface area contributed by atoms with E-state index in [1.807, 2.05) is 55.6 Å². The summed E-state index contributed by atoms with van der Waals surface area (Å²) >= 11 is 0. The van der Waals surface area contributed by atoms with Crippen LogP contribution in [0.25, 0.3) is 56.4 Å². The van der Waals surface area contributed by atoms with Crippen LogP contribution in [0.1, 0.15) is 67.4 Å². The number of nitrogens with zero attached hydrogens (tertiary/aromatic N) is 10. The molecule has 70 heavy (non-hydrogen) atoms. The minimum atomic E-state index is -0.750. The molecule has 324 valence electrons. The molecule has 1 aromatic heterocycles. The molecule has 0 saturated heterocycles. The van der Waals surface area contributed by atoms with Gasteiger partial charge in [-0.2, -0.15) is 21.0 Å². The fourth-order valence-electron chi connectivity index (χ4n) is 10.2. The molecule has 1 atom stereocenters. The van der Waals surface area contributed by atoms with Crippen LogP contribution in [0.4, 0.5) is 0 Å². The molecule has 0 bridgehead atoms. The van der Waals surface area contributed by atoms with E-state index in [-0.39, 0.29) is 0 Å². The first-order valence-electron chi connectivity index (χ1n) is 22.5. The highest BCUT2D eigenvalue weighted by molar-refractivity contribution is 6.13. The van der Waals surface area contributed by atoms with Gasteiger partial charge in [0, 0.05) is 34.9 Å². The maximum atomic E-state index is 9.62. The average Bonchev–Trinajstić information content (AvgIpc) is 3.90. The molecule has 0 saturated carbocycles. The third-order valence-electron chi connectivity index (χ3n) is 13.6. The molecule has 1 unspecified atom stereocenters. The zero-order valence-electron chi connectivity index (χ0n) is 37.4. The summed E-state index contributed by atoms with van der Waals surface area (Å²) < 4.78 is 0. The minimum Gasteiger partial charge on any atom is -0.333 e. The number of benzene rings is 8. The van der Waals surface area contributed by atoms with Gasteiger partial charge in [-0.3, -0.25) is 0 Å². The number of aromatic nitrogens is 3. The van der Waals surface area contributed by atoms with Crippen LogP contribution in [0.15, 0.2) is 192 Å². The lowest BCUT2D eigenvalue weighted by atomic mass is 9.70. The Morgan fingerprint density at radius 3 is 1.31 bits per heavy atom. The standard InChI is InChI=1S/C60H34N10/c1-70-58(43-24-16-39(35-64)17-25-43)68-56(42-22-14-38(34-63)15-23-42)69-59(70)45-27-29-49-48-28-26-44(30-52(48)60(53(49)31-45)50-8-4-2-6-46(50)47-7-3-5-9-51(47)60)57-66-54(40-18-10-36(32-61)11-19-40)65-55(67-57)41-20-12-37(33-62)13-21-41/h2-31,59H,1H3. The van der Waals surface area contributed by atoms with Crippen molar-refractivity contribution in [2.75, 3.05) is 7.05 Å². The normalized spacial score (nSPS) is 14.4. The number of fused-ring (bicyclic) bond motifs is 10. The van der Waals surface area contributed by atoms with E-state index in [9.17, 15) is 21.0 Å². The summed E-state index contributed by atoms with van der Waals surface area (Å²) in [6.07, 6.45) is -0.506. The van der Waals surface area contributed by atoms with Gasteiger partial charge in [0.2, 0.25) is 0 Å². The second-order valence-corrected chi connectivity index (χ2v) is 17.3. The Morgan fingerprint density at radius 1 is 0.414 bits per heavy atom. The second-order valence-electron chi connectivity index (χ2n) is 17.3. The number of hydrogen-bond donors (Lipinski definition) is 0. The molecule has 10 heteroatoms. The van der Waals surface area contributed by atoms with E-state index in [4.69, 9.17) is 24.9 Å². The molecule has 0 radical (unpaired) electrons. The molecule has 2 aliphatic carbocycles. The highest BCUT2D eigenvalue weighted by Gasteiger charge is 2.52. The summed E-state index contributed by atoms with van der Waals surface area (Å²) in [6.45, 7) is 0. The number of nitriles is 4. The Labute approximate surface area is 403 Å². The molecule has 0 N–H and O–H groups in total. The molecule has 9 aromatic rings. The minimum absolute atomic E-state index is 0.454. The maximum absolute atomic E-state index is 9.62. The molecule has 2 heterocycles. The van der Waals surface area contributed by atoms with Crippen molar-refractivity contribution >= 4 is 11.7 Å². The van der Waals surface area contributed by atoms with Crippen molar-refractivity contribution < 1.29 is 0 Å². The predicted octanol–water partition coefficient (Wildman–Crippen LogP) is 11.5. The molecular weight excluding hydrogens is 861 g/mol. The lowest BCUT2D eigenvalue weighted by molar-refractivity contribution is 0.382. The van der Waals surface area contributed by atoms with Gasteiger partial charge >= 0.3 is 0 Å². The molecule has 12 rings (SSSR count). The van der Waals surface area contributed by atoms with Crippen molar-refractivity contribution in [3.63, 3.8) is 0 Å². The van der Waals surface area contributed by atoms with Crippen molar-refractivity contribution in [2.24, 2.45) is 9.98 Å². The van der Waals surface area contributed by atoms with E-state index in [1.54, 1.807) is 48.5 Å². The largest absolute Gasteiger partial charge is 0.333 e. The van der Waals surface area contributed by atoms with Crippen LogP contribution in [-0.4, -0.2) is 38.6 Å². The molecule has 10 nitrogen and oxygen atoms in total. The van der Waals surface area contributed by atoms with Gasteiger partial charge in [-0.1, -0.05) is 72.8 Å². The Hall–Kier alpha value is -10.1. The summed E-state index contributed by atoms with van der Waals surface area (Å²) in [5.41, 5.74) is 15.3. The van der Waals surface area contributed by atoms with E-state index in [0.29, 0.717) is 51.4 Å². The maximum Gasteiger partial charge on any atom is 0.164 e. The van der Waals surface area contributed by atoms with Crippen molar-refractivity contribution in [3.05, 3.63) is 243 Å². The van der Waals surface area contributed by atoms with Gasteiger partial charge in [0.15, 0.2) is 29.5 Å². The second kappa shape index (κ2) is 16.3. The molecule has 0 amide bonds. The first kappa shape index (κ1) is 41.3. The van der Waals surface area contributed by atoms with Crippen LogP contribution in [0, 0.1) is 45.3 Å². The lowest BCUT2D eigenvalue weighted by Gasteiger charge is -2.34. The van der Waals surface area contributed by atoms with Crippen LogP contribution in [0.3, 0.4) is 0 Å². The zero-order valence-corrected chi connectivity index (χ0v) is 37.4. The molecular formula is C60H34N10. The van der Waals surface area contributed by atoms with E-state index < -0.39 is 11.6 Å². The van der Waals surface area contributed by atoms with Gasteiger partial charge in [-0.05, 0) is 159 Å². The number of hydrogen-bond acceptors (Lipinski definition) is 10. The first-order valence-corrected chi connectivity index (χ1v) is 22.5. The highest BCUT2D eigenvalue weighted by Crippen LogP contribution is 2.63. The quantitative estimate of drug-likeness (QED) is 0.159. The van der Waals surface area contributed by atoms with Crippen LogP contribution in [0.5, 0.6) is 0 Å². The summed E-state index contributed by atoms with van der Waals surface area (Å²) in [5, 5.41) is 38.4. The van der Waals surface area contributed by atoms with E-state index >= 15 is 0 Å². The first-order chi connectivity index (χ1) is 34.4. The molecule has 1 aliphatic heterocycles. The summed E-state index contributed by atoms with van der Waals surface area (Å²) in [7, 11) is 2.00.